The third-order valence-electron chi connectivity index (χ3n) is 4.71. The minimum atomic E-state index is -0.121. The number of rotatable bonds is 4. The smallest absolute Gasteiger partial charge is 0.410 e. The molecule has 1 atom stereocenters. The zero-order valence-electron chi connectivity index (χ0n) is 12.9. The molecule has 0 N–H and O–H groups in total. The zero-order valence-corrected chi connectivity index (χ0v) is 12.9. The molecule has 3 rings (SSSR count). The van der Waals surface area contributed by atoms with Gasteiger partial charge in [0.25, 0.3) is 0 Å². The molecule has 6 heteroatoms. The Morgan fingerprint density at radius 2 is 2.14 bits per heavy atom. The van der Waals surface area contributed by atoms with E-state index in [9.17, 15) is 4.79 Å². The third kappa shape index (κ3) is 2.90. The Morgan fingerprint density at radius 1 is 1.38 bits per heavy atom. The summed E-state index contributed by atoms with van der Waals surface area (Å²) in [5.74, 6) is 1.10. The van der Waals surface area contributed by atoms with Crippen LogP contribution in [0.25, 0.3) is 0 Å². The van der Waals surface area contributed by atoms with Gasteiger partial charge in [0.2, 0.25) is 0 Å². The molecule has 1 unspecified atom stereocenters. The average molecular weight is 292 g/mol. The Morgan fingerprint density at radius 3 is 2.76 bits per heavy atom. The topological polar surface area (TPSA) is 50.6 Å². The molecule has 0 bridgehead atoms. The van der Waals surface area contributed by atoms with E-state index in [1.54, 1.807) is 0 Å². The largest absolute Gasteiger partial charge is 0.447 e. The first kappa shape index (κ1) is 14.4. The summed E-state index contributed by atoms with van der Waals surface area (Å²) in [6.45, 7) is 5.59. The molecule has 2 fully saturated rings. The molecule has 21 heavy (non-hydrogen) atoms. The molecule has 1 aromatic rings. The van der Waals surface area contributed by atoms with E-state index < -0.39 is 0 Å². The maximum Gasteiger partial charge on any atom is 0.410 e. The van der Waals surface area contributed by atoms with Crippen molar-refractivity contribution in [1.82, 2.24) is 19.4 Å². The van der Waals surface area contributed by atoms with E-state index in [-0.39, 0.29) is 12.1 Å². The number of cyclic esters (lactones) is 1. The molecule has 0 aromatic carbocycles. The minimum absolute atomic E-state index is 0.121. The molecular weight excluding hydrogens is 268 g/mol. The van der Waals surface area contributed by atoms with Crippen LogP contribution in [-0.4, -0.2) is 57.2 Å². The Kier molecular flexibility index (Phi) is 4.14. The summed E-state index contributed by atoms with van der Waals surface area (Å²) in [6.07, 6.45) is 6.72. The lowest BCUT2D eigenvalue weighted by molar-refractivity contribution is 0.102. The second-order valence-electron chi connectivity index (χ2n) is 6.01. The molecule has 0 radical (unpaired) electrons. The van der Waals surface area contributed by atoms with Crippen LogP contribution in [0.2, 0.25) is 0 Å². The first-order valence-electron chi connectivity index (χ1n) is 7.82. The van der Waals surface area contributed by atoms with Gasteiger partial charge in [0.05, 0.1) is 12.6 Å². The van der Waals surface area contributed by atoms with Crippen molar-refractivity contribution >= 4 is 6.09 Å². The fourth-order valence-electron chi connectivity index (χ4n) is 3.34. The highest BCUT2D eigenvalue weighted by Gasteiger charge is 2.38. The van der Waals surface area contributed by atoms with E-state index in [0.29, 0.717) is 12.6 Å². The number of piperidine rings is 1. The number of carbonyl (C=O) groups excluding carboxylic acids is 1. The highest BCUT2D eigenvalue weighted by atomic mass is 16.6. The number of nitrogens with zero attached hydrogens (tertiary/aromatic N) is 4. The lowest BCUT2D eigenvalue weighted by atomic mass is 10.0. The van der Waals surface area contributed by atoms with E-state index in [1.807, 2.05) is 24.3 Å². The predicted octanol–water partition coefficient (Wildman–Crippen LogP) is 1.62. The molecule has 1 amide bonds. The van der Waals surface area contributed by atoms with E-state index in [4.69, 9.17) is 4.74 Å². The van der Waals surface area contributed by atoms with Crippen molar-refractivity contribution in [2.45, 2.75) is 44.8 Å². The lowest BCUT2D eigenvalue weighted by Crippen LogP contribution is -2.48. The van der Waals surface area contributed by atoms with Crippen LogP contribution in [0.3, 0.4) is 0 Å². The lowest BCUT2D eigenvalue weighted by Gasteiger charge is -2.37. The van der Waals surface area contributed by atoms with Crippen LogP contribution in [0.5, 0.6) is 0 Å². The van der Waals surface area contributed by atoms with Gasteiger partial charge >= 0.3 is 6.09 Å². The van der Waals surface area contributed by atoms with Gasteiger partial charge in [0.1, 0.15) is 12.4 Å². The van der Waals surface area contributed by atoms with Gasteiger partial charge in [-0.1, -0.05) is 6.92 Å². The number of likely N-dealkylation sites (tertiary alicyclic amines) is 1. The third-order valence-corrected chi connectivity index (χ3v) is 4.71. The van der Waals surface area contributed by atoms with Gasteiger partial charge in [-0.2, -0.15) is 0 Å². The average Bonchev–Trinajstić information content (AvgIpc) is 3.06. The summed E-state index contributed by atoms with van der Waals surface area (Å²) in [5, 5.41) is 0. The number of hydrogen-bond donors (Lipinski definition) is 0. The molecule has 2 saturated heterocycles. The van der Waals surface area contributed by atoms with Gasteiger partial charge in [0, 0.05) is 38.6 Å². The molecule has 6 nitrogen and oxygen atoms in total. The summed E-state index contributed by atoms with van der Waals surface area (Å²) in [6, 6.07) is 0.603. The molecule has 0 saturated carbocycles. The van der Waals surface area contributed by atoms with Crippen LogP contribution in [0.15, 0.2) is 12.4 Å². The Bertz CT molecular complexity index is 494. The van der Waals surface area contributed by atoms with Crippen molar-refractivity contribution in [2.24, 2.45) is 7.05 Å². The standard InChI is InChI=1S/C15H24N4O2/c1-3-12-11-21-15(20)19(12)13-4-7-18(8-5-13)10-14-16-6-9-17(14)2/h6,9,12-13H,3-5,7-8,10-11H2,1-2H3. The first-order valence-corrected chi connectivity index (χ1v) is 7.82. The summed E-state index contributed by atoms with van der Waals surface area (Å²) in [7, 11) is 2.03. The molecule has 2 aliphatic heterocycles. The summed E-state index contributed by atoms with van der Waals surface area (Å²) < 4.78 is 7.28. The van der Waals surface area contributed by atoms with Crippen molar-refractivity contribution in [2.75, 3.05) is 19.7 Å². The molecule has 1 aromatic heterocycles. The summed E-state index contributed by atoms with van der Waals surface area (Å²) >= 11 is 0. The number of hydrogen-bond acceptors (Lipinski definition) is 4. The van der Waals surface area contributed by atoms with Gasteiger partial charge in [-0.05, 0) is 19.3 Å². The number of aromatic nitrogens is 2. The van der Waals surface area contributed by atoms with Gasteiger partial charge < -0.3 is 9.30 Å². The van der Waals surface area contributed by atoms with Crippen LogP contribution >= 0.6 is 0 Å². The monoisotopic (exact) mass is 292 g/mol. The van der Waals surface area contributed by atoms with Gasteiger partial charge in [-0.15, -0.1) is 0 Å². The number of carbonyl (C=O) groups is 1. The normalized spacial score (nSPS) is 24.6. The fraction of sp³-hybridized carbons (Fsp3) is 0.733. The van der Waals surface area contributed by atoms with Gasteiger partial charge in [-0.25, -0.2) is 9.78 Å². The molecular formula is C15H24N4O2. The fourth-order valence-corrected chi connectivity index (χ4v) is 3.34. The van der Waals surface area contributed by atoms with E-state index in [1.165, 1.54) is 0 Å². The number of amides is 1. The van der Waals surface area contributed by atoms with Gasteiger partial charge in [0.15, 0.2) is 0 Å². The van der Waals surface area contributed by atoms with Crippen LogP contribution < -0.4 is 0 Å². The molecule has 3 heterocycles. The van der Waals surface area contributed by atoms with Crippen LogP contribution in [0, 0.1) is 0 Å². The van der Waals surface area contributed by atoms with E-state index in [0.717, 1.165) is 44.7 Å². The zero-order chi connectivity index (χ0) is 14.8. The van der Waals surface area contributed by atoms with Crippen molar-refractivity contribution in [3.8, 4) is 0 Å². The maximum absolute atomic E-state index is 11.9. The van der Waals surface area contributed by atoms with Crippen LogP contribution in [0.1, 0.15) is 32.0 Å². The number of aryl methyl sites for hydroxylation is 1. The van der Waals surface area contributed by atoms with Gasteiger partial charge in [-0.3, -0.25) is 9.80 Å². The SMILES string of the molecule is CCC1COC(=O)N1C1CCN(Cc2nccn2C)CC1. The van der Waals surface area contributed by atoms with Crippen LogP contribution in [-0.2, 0) is 18.3 Å². The number of imidazole rings is 1. The van der Waals surface area contributed by atoms with E-state index in [2.05, 4.69) is 21.4 Å². The molecule has 0 spiro atoms. The Labute approximate surface area is 125 Å². The molecule has 116 valence electrons. The predicted molar refractivity (Wildman–Crippen MR) is 78.8 cm³/mol. The molecule has 0 aliphatic carbocycles. The molecule has 2 aliphatic rings. The Balaban J connectivity index is 1.55. The first-order chi connectivity index (χ1) is 10.2. The summed E-state index contributed by atoms with van der Waals surface area (Å²) in [5.41, 5.74) is 0. The van der Waals surface area contributed by atoms with Crippen molar-refractivity contribution in [3.63, 3.8) is 0 Å². The second-order valence-corrected chi connectivity index (χ2v) is 6.01. The van der Waals surface area contributed by atoms with E-state index >= 15 is 0 Å². The van der Waals surface area contributed by atoms with Crippen molar-refractivity contribution in [3.05, 3.63) is 18.2 Å². The number of ether oxygens (including phenoxy) is 1. The highest BCUT2D eigenvalue weighted by Crippen LogP contribution is 2.25. The maximum atomic E-state index is 11.9. The quantitative estimate of drug-likeness (QED) is 0.846. The second kappa shape index (κ2) is 6.05. The minimum Gasteiger partial charge on any atom is -0.447 e. The summed E-state index contributed by atoms with van der Waals surface area (Å²) in [4.78, 5) is 20.7. The van der Waals surface area contributed by atoms with Crippen molar-refractivity contribution in [1.29, 1.82) is 0 Å². The Hall–Kier alpha value is -1.56. The van der Waals surface area contributed by atoms with Crippen molar-refractivity contribution < 1.29 is 9.53 Å². The highest BCUT2D eigenvalue weighted by molar-refractivity contribution is 5.70. The van der Waals surface area contributed by atoms with Crippen LogP contribution in [0.4, 0.5) is 4.79 Å².